The Balaban J connectivity index is 1.97. The lowest BCUT2D eigenvalue weighted by Gasteiger charge is -2.33. The van der Waals surface area contributed by atoms with Gasteiger partial charge in [0.05, 0.1) is 29.9 Å². The maximum Gasteiger partial charge on any atom is 0.224 e. The van der Waals surface area contributed by atoms with Crippen LogP contribution in [0.15, 0.2) is 29.2 Å². The summed E-state index contributed by atoms with van der Waals surface area (Å²) < 4.78 is 30.0. The number of anilines is 1. The number of amides is 2. The van der Waals surface area contributed by atoms with Gasteiger partial charge in [-0.15, -0.1) is 0 Å². The summed E-state index contributed by atoms with van der Waals surface area (Å²) in [5.74, 6) is -0.643. The van der Waals surface area contributed by atoms with Crippen molar-refractivity contribution in [1.29, 1.82) is 0 Å². The van der Waals surface area contributed by atoms with Crippen molar-refractivity contribution in [3.05, 3.63) is 24.3 Å². The van der Waals surface area contributed by atoms with Gasteiger partial charge in [-0.1, -0.05) is 0 Å². The van der Waals surface area contributed by atoms with Crippen molar-refractivity contribution in [2.75, 3.05) is 30.8 Å². The number of morpholine rings is 1. The van der Waals surface area contributed by atoms with Crippen LogP contribution in [0.2, 0.25) is 0 Å². The molecular weight excluding hydrogens is 332 g/mol. The number of nitrogens with one attached hydrogen (secondary N) is 1. The smallest absolute Gasteiger partial charge is 0.224 e. The molecule has 0 bridgehead atoms. The van der Waals surface area contributed by atoms with Gasteiger partial charge in [-0.2, -0.15) is 0 Å². The molecule has 1 aliphatic heterocycles. The molecule has 1 fully saturated rings. The highest BCUT2D eigenvalue weighted by Crippen LogP contribution is 2.17. The maximum atomic E-state index is 12.4. The van der Waals surface area contributed by atoms with Crippen LogP contribution >= 0.6 is 0 Å². The standard InChI is InChI=1S/C16H22N2O5S/c1-12-11-23-9-8-18(12)16(20)7-10-24(21,22)15-5-3-14(4-6-15)17-13(2)19/h3-6,12H,7-11H2,1-2H3,(H,17,19). The van der Waals surface area contributed by atoms with E-state index in [9.17, 15) is 18.0 Å². The molecule has 1 aromatic rings. The molecule has 0 spiro atoms. The second-order valence-corrected chi connectivity index (χ2v) is 7.89. The van der Waals surface area contributed by atoms with Gasteiger partial charge in [0.25, 0.3) is 0 Å². The molecule has 8 heteroatoms. The Morgan fingerprint density at radius 3 is 2.54 bits per heavy atom. The molecule has 1 heterocycles. The highest BCUT2D eigenvalue weighted by Gasteiger charge is 2.25. The van der Waals surface area contributed by atoms with Crippen LogP contribution in [0, 0.1) is 0 Å². The minimum atomic E-state index is -3.55. The van der Waals surface area contributed by atoms with E-state index < -0.39 is 9.84 Å². The van der Waals surface area contributed by atoms with Crippen LogP contribution in [0.1, 0.15) is 20.3 Å². The van der Waals surface area contributed by atoms with E-state index in [2.05, 4.69) is 5.32 Å². The predicted octanol–water partition coefficient (Wildman–Crippen LogP) is 1.06. The summed E-state index contributed by atoms with van der Waals surface area (Å²) in [6, 6.07) is 5.89. The molecule has 0 radical (unpaired) electrons. The van der Waals surface area contributed by atoms with Crippen molar-refractivity contribution in [2.24, 2.45) is 0 Å². The van der Waals surface area contributed by atoms with Gasteiger partial charge >= 0.3 is 0 Å². The molecule has 7 nitrogen and oxygen atoms in total. The fourth-order valence-corrected chi connectivity index (χ4v) is 3.76. The summed E-state index contributed by atoms with van der Waals surface area (Å²) in [6.45, 7) is 4.71. The third-order valence-electron chi connectivity index (χ3n) is 3.81. The number of ether oxygens (including phenoxy) is 1. The third kappa shape index (κ3) is 4.78. The van der Waals surface area contributed by atoms with Crippen molar-refractivity contribution < 1.29 is 22.7 Å². The lowest BCUT2D eigenvalue weighted by molar-refractivity contribution is -0.138. The van der Waals surface area contributed by atoms with Gasteiger partial charge in [0.2, 0.25) is 11.8 Å². The summed E-state index contributed by atoms with van der Waals surface area (Å²) in [6.07, 6.45) is -0.0554. The predicted molar refractivity (Wildman–Crippen MR) is 89.4 cm³/mol. The molecule has 0 aromatic heterocycles. The first-order valence-electron chi connectivity index (χ1n) is 7.77. The molecule has 0 aliphatic carbocycles. The number of nitrogens with zero attached hydrogens (tertiary/aromatic N) is 1. The first-order valence-corrected chi connectivity index (χ1v) is 9.42. The van der Waals surface area contributed by atoms with E-state index >= 15 is 0 Å². The number of rotatable bonds is 5. The molecule has 1 aromatic carbocycles. The zero-order valence-corrected chi connectivity index (χ0v) is 14.6. The molecular formula is C16H22N2O5S. The lowest BCUT2D eigenvalue weighted by atomic mass is 10.2. The average Bonchev–Trinajstić information content (AvgIpc) is 2.53. The van der Waals surface area contributed by atoms with Crippen LogP contribution in [-0.2, 0) is 24.2 Å². The summed E-state index contributed by atoms with van der Waals surface area (Å²) in [4.78, 5) is 25.0. The van der Waals surface area contributed by atoms with Gasteiger partial charge in [-0.3, -0.25) is 9.59 Å². The van der Waals surface area contributed by atoms with Crippen molar-refractivity contribution in [1.82, 2.24) is 4.90 Å². The van der Waals surface area contributed by atoms with Crippen molar-refractivity contribution >= 4 is 27.3 Å². The zero-order chi connectivity index (χ0) is 17.7. The molecule has 2 rings (SSSR count). The van der Waals surface area contributed by atoms with E-state index in [1.807, 2.05) is 6.92 Å². The number of hydrogen-bond donors (Lipinski definition) is 1. The summed E-state index contributed by atoms with van der Waals surface area (Å²) >= 11 is 0. The van der Waals surface area contributed by atoms with Crippen LogP contribution in [-0.4, -0.2) is 56.7 Å². The Morgan fingerprint density at radius 2 is 1.96 bits per heavy atom. The first-order chi connectivity index (χ1) is 11.3. The number of benzene rings is 1. The highest BCUT2D eigenvalue weighted by atomic mass is 32.2. The zero-order valence-electron chi connectivity index (χ0n) is 13.8. The van der Waals surface area contributed by atoms with Crippen LogP contribution < -0.4 is 5.32 Å². The lowest BCUT2D eigenvalue weighted by Crippen LogP contribution is -2.47. The average molecular weight is 354 g/mol. The van der Waals surface area contributed by atoms with Crippen LogP contribution in [0.5, 0.6) is 0 Å². The maximum absolute atomic E-state index is 12.4. The Morgan fingerprint density at radius 1 is 1.29 bits per heavy atom. The Labute approximate surface area is 141 Å². The van der Waals surface area contributed by atoms with Crippen molar-refractivity contribution in [3.63, 3.8) is 0 Å². The number of carbonyl (C=O) groups excluding carboxylic acids is 2. The van der Waals surface area contributed by atoms with Gasteiger partial charge in [-0.05, 0) is 31.2 Å². The number of sulfone groups is 1. The number of carbonyl (C=O) groups is 2. The second-order valence-electron chi connectivity index (χ2n) is 5.79. The molecule has 1 N–H and O–H groups in total. The van der Waals surface area contributed by atoms with E-state index in [1.165, 1.54) is 31.2 Å². The van der Waals surface area contributed by atoms with Crippen LogP contribution in [0.3, 0.4) is 0 Å². The largest absolute Gasteiger partial charge is 0.377 e. The quantitative estimate of drug-likeness (QED) is 0.853. The SMILES string of the molecule is CC(=O)Nc1ccc(S(=O)(=O)CCC(=O)N2CCOCC2C)cc1. The monoisotopic (exact) mass is 354 g/mol. The van der Waals surface area contributed by atoms with Gasteiger partial charge in [0, 0.05) is 25.6 Å². The van der Waals surface area contributed by atoms with Gasteiger partial charge in [-0.25, -0.2) is 8.42 Å². The summed E-state index contributed by atoms with van der Waals surface area (Å²) in [7, 11) is -3.55. The van der Waals surface area contributed by atoms with Gasteiger partial charge < -0.3 is 15.0 Å². The molecule has 2 amide bonds. The van der Waals surface area contributed by atoms with Crippen molar-refractivity contribution in [2.45, 2.75) is 31.2 Å². The highest BCUT2D eigenvalue weighted by molar-refractivity contribution is 7.91. The molecule has 1 unspecified atom stereocenters. The van der Waals surface area contributed by atoms with E-state index in [1.54, 1.807) is 4.90 Å². The molecule has 1 atom stereocenters. The number of hydrogen-bond acceptors (Lipinski definition) is 5. The summed E-state index contributed by atoms with van der Waals surface area (Å²) in [5.41, 5.74) is 0.527. The third-order valence-corrected chi connectivity index (χ3v) is 5.54. The van der Waals surface area contributed by atoms with Gasteiger partial charge in [0.15, 0.2) is 9.84 Å². The minimum absolute atomic E-state index is 0.0362. The topological polar surface area (TPSA) is 92.8 Å². The molecule has 1 saturated heterocycles. The Bertz CT molecular complexity index is 700. The van der Waals surface area contributed by atoms with E-state index in [-0.39, 0.29) is 34.9 Å². The van der Waals surface area contributed by atoms with Crippen LogP contribution in [0.25, 0.3) is 0 Å². The second kappa shape index (κ2) is 7.76. The molecule has 132 valence electrons. The molecule has 24 heavy (non-hydrogen) atoms. The van der Waals surface area contributed by atoms with Gasteiger partial charge in [0.1, 0.15) is 0 Å². The minimum Gasteiger partial charge on any atom is -0.377 e. The van der Waals surface area contributed by atoms with E-state index in [4.69, 9.17) is 4.74 Å². The fourth-order valence-electron chi connectivity index (χ4n) is 2.53. The van der Waals surface area contributed by atoms with Crippen molar-refractivity contribution in [3.8, 4) is 0 Å². The fraction of sp³-hybridized carbons (Fsp3) is 0.500. The Kier molecular flexibility index (Phi) is 5.95. The van der Waals surface area contributed by atoms with Crippen LogP contribution in [0.4, 0.5) is 5.69 Å². The summed E-state index contributed by atoms with van der Waals surface area (Å²) in [5, 5.41) is 2.58. The van der Waals surface area contributed by atoms with E-state index in [0.29, 0.717) is 25.4 Å². The van der Waals surface area contributed by atoms with E-state index in [0.717, 1.165) is 0 Å². The first kappa shape index (κ1) is 18.4. The Hall–Kier alpha value is -1.93. The molecule has 1 aliphatic rings. The molecule has 0 saturated carbocycles. The normalized spacial score (nSPS) is 18.2.